The highest BCUT2D eigenvalue weighted by Gasteiger charge is 2.08. The maximum absolute atomic E-state index is 9.30. The minimum atomic E-state index is -1.00. The molecule has 70 valence electrons. The number of aliphatic hydroxyl groups is 2. The Balaban J connectivity index is 3.96. The first-order valence-corrected chi connectivity index (χ1v) is 4.24. The first-order valence-electron chi connectivity index (χ1n) is 4.24. The van der Waals surface area contributed by atoms with E-state index in [1.54, 1.807) is 13.8 Å². The van der Waals surface area contributed by atoms with E-state index in [-0.39, 0.29) is 0 Å². The lowest BCUT2D eigenvalue weighted by atomic mass is 10.1. The van der Waals surface area contributed by atoms with Crippen LogP contribution >= 0.6 is 0 Å². The SMILES string of the molecule is CC(C)CC(O)C#CC(C)(C)O. The highest BCUT2D eigenvalue weighted by molar-refractivity contribution is 5.13. The molecule has 0 amide bonds. The predicted molar refractivity (Wildman–Crippen MR) is 49.5 cm³/mol. The van der Waals surface area contributed by atoms with Gasteiger partial charge in [0.25, 0.3) is 0 Å². The molecule has 0 spiro atoms. The molecule has 0 rings (SSSR count). The van der Waals surface area contributed by atoms with Crippen LogP contribution < -0.4 is 0 Å². The minimum Gasteiger partial charge on any atom is -0.380 e. The largest absolute Gasteiger partial charge is 0.380 e. The summed E-state index contributed by atoms with van der Waals surface area (Å²) in [6.45, 7) is 7.24. The molecule has 0 heterocycles. The van der Waals surface area contributed by atoms with E-state index >= 15 is 0 Å². The van der Waals surface area contributed by atoms with Crippen molar-refractivity contribution in [3.05, 3.63) is 0 Å². The van der Waals surface area contributed by atoms with Crippen LogP contribution in [0.4, 0.5) is 0 Å². The molecule has 12 heavy (non-hydrogen) atoms. The average molecular weight is 170 g/mol. The van der Waals surface area contributed by atoms with Crippen molar-refractivity contribution in [2.75, 3.05) is 0 Å². The molecule has 0 aliphatic heterocycles. The first-order chi connectivity index (χ1) is 5.31. The molecular weight excluding hydrogens is 152 g/mol. The summed E-state index contributed by atoms with van der Waals surface area (Å²) in [7, 11) is 0. The lowest BCUT2D eigenvalue weighted by molar-refractivity contribution is 0.141. The number of hydrogen-bond donors (Lipinski definition) is 2. The van der Waals surface area contributed by atoms with Gasteiger partial charge in [-0.3, -0.25) is 0 Å². The third-order valence-electron chi connectivity index (χ3n) is 1.24. The third kappa shape index (κ3) is 7.59. The molecule has 0 radical (unpaired) electrons. The summed E-state index contributed by atoms with van der Waals surface area (Å²) in [5, 5.41) is 18.5. The Kier molecular flexibility index (Phi) is 4.30. The molecule has 0 bridgehead atoms. The smallest absolute Gasteiger partial charge is 0.120 e. The second-order valence-electron chi connectivity index (χ2n) is 3.97. The van der Waals surface area contributed by atoms with Crippen LogP contribution in [0.2, 0.25) is 0 Å². The molecule has 0 fully saturated rings. The molecular formula is C10H18O2. The predicted octanol–water partition coefficient (Wildman–Crippen LogP) is 1.17. The minimum absolute atomic E-state index is 0.427. The van der Waals surface area contributed by atoms with E-state index in [0.29, 0.717) is 12.3 Å². The van der Waals surface area contributed by atoms with Crippen molar-refractivity contribution in [1.82, 2.24) is 0 Å². The zero-order chi connectivity index (χ0) is 9.78. The van der Waals surface area contributed by atoms with Crippen molar-refractivity contribution in [3.63, 3.8) is 0 Å². The van der Waals surface area contributed by atoms with Gasteiger partial charge in [-0.15, -0.1) is 0 Å². The average Bonchev–Trinajstić information content (AvgIpc) is 1.80. The van der Waals surface area contributed by atoms with Crippen LogP contribution in [0.15, 0.2) is 0 Å². The van der Waals surface area contributed by atoms with Crippen LogP contribution in [0.3, 0.4) is 0 Å². The van der Waals surface area contributed by atoms with Gasteiger partial charge in [0.2, 0.25) is 0 Å². The van der Waals surface area contributed by atoms with Crippen LogP contribution in [0.25, 0.3) is 0 Å². The second-order valence-corrected chi connectivity index (χ2v) is 3.97. The van der Waals surface area contributed by atoms with E-state index in [4.69, 9.17) is 0 Å². The molecule has 0 aliphatic rings. The zero-order valence-corrected chi connectivity index (χ0v) is 8.26. The fourth-order valence-corrected chi connectivity index (χ4v) is 0.765. The summed E-state index contributed by atoms with van der Waals surface area (Å²) in [5.41, 5.74) is -1.00. The highest BCUT2D eigenvalue weighted by atomic mass is 16.3. The van der Waals surface area contributed by atoms with E-state index in [1.807, 2.05) is 13.8 Å². The fourth-order valence-electron chi connectivity index (χ4n) is 0.765. The second kappa shape index (κ2) is 4.49. The van der Waals surface area contributed by atoms with E-state index < -0.39 is 11.7 Å². The van der Waals surface area contributed by atoms with Gasteiger partial charge in [0.1, 0.15) is 11.7 Å². The van der Waals surface area contributed by atoms with Gasteiger partial charge in [0, 0.05) is 0 Å². The lowest BCUT2D eigenvalue weighted by Gasteiger charge is -2.09. The summed E-state index contributed by atoms with van der Waals surface area (Å²) >= 11 is 0. The Morgan fingerprint density at radius 3 is 2.17 bits per heavy atom. The maximum atomic E-state index is 9.30. The van der Waals surface area contributed by atoms with Crippen LogP contribution in [-0.2, 0) is 0 Å². The molecule has 1 unspecified atom stereocenters. The van der Waals surface area contributed by atoms with Crippen LogP contribution in [0, 0.1) is 17.8 Å². The van der Waals surface area contributed by atoms with Crippen molar-refractivity contribution in [2.45, 2.75) is 45.8 Å². The van der Waals surface area contributed by atoms with E-state index in [0.717, 1.165) is 0 Å². The summed E-state index contributed by atoms with van der Waals surface area (Å²) in [6.07, 6.45) is 0.0414. The summed E-state index contributed by atoms with van der Waals surface area (Å²) in [6, 6.07) is 0. The molecule has 0 saturated heterocycles. The Hall–Kier alpha value is -0.520. The third-order valence-corrected chi connectivity index (χ3v) is 1.24. The van der Waals surface area contributed by atoms with Crippen molar-refractivity contribution < 1.29 is 10.2 Å². The Bertz CT molecular complexity index is 178. The van der Waals surface area contributed by atoms with E-state index in [9.17, 15) is 10.2 Å². The molecule has 2 heteroatoms. The Labute approximate surface area is 74.6 Å². The van der Waals surface area contributed by atoms with Gasteiger partial charge < -0.3 is 10.2 Å². The van der Waals surface area contributed by atoms with Crippen molar-refractivity contribution in [2.24, 2.45) is 5.92 Å². The highest BCUT2D eigenvalue weighted by Crippen LogP contribution is 2.04. The van der Waals surface area contributed by atoms with E-state index in [2.05, 4.69) is 11.8 Å². The lowest BCUT2D eigenvalue weighted by Crippen LogP contribution is -2.16. The number of aliphatic hydroxyl groups excluding tert-OH is 1. The molecule has 0 saturated carbocycles. The first kappa shape index (κ1) is 11.5. The topological polar surface area (TPSA) is 40.5 Å². The quantitative estimate of drug-likeness (QED) is 0.611. The zero-order valence-electron chi connectivity index (χ0n) is 8.26. The van der Waals surface area contributed by atoms with Gasteiger partial charge in [0.15, 0.2) is 0 Å². The molecule has 0 aliphatic carbocycles. The van der Waals surface area contributed by atoms with Crippen LogP contribution in [-0.4, -0.2) is 21.9 Å². The maximum Gasteiger partial charge on any atom is 0.120 e. The summed E-state index contributed by atoms with van der Waals surface area (Å²) < 4.78 is 0. The number of hydrogen-bond acceptors (Lipinski definition) is 2. The molecule has 2 nitrogen and oxygen atoms in total. The summed E-state index contributed by atoms with van der Waals surface area (Å²) in [5.74, 6) is 5.62. The van der Waals surface area contributed by atoms with Gasteiger partial charge >= 0.3 is 0 Å². The Morgan fingerprint density at radius 1 is 1.33 bits per heavy atom. The van der Waals surface area contributed by atoms with Gasteiger partial charge in [0.05, 0.1) is 0 Å². The van der Waals surface area contributed by atoms with Crippen molar-refractivity contribution >= 4 is 0 Å². The molecule has 0 aromatic heterocycles. The normalized spacial score (nSPS) is 13.9. The van der Waals surface area contributed by atoms with Crippen molar-refractivity contribution in [3.8, 4) is 11.8 Å². The molecule has 2 N–H and O–H groups in total. The fraction of sp³-hybridized carbons (Fsp3) is 0.800. The van der Waals surface area contributed by atoms with Crippen molar-refractivity contribution in [1.29, 1.82) is 0 Å². The Morgan fingerprint density at radius 2 is 1.83 bits per heavy atom. The monoisotopic (exact) mass is 170 g/mol. The van der Waals surface area contributed by atoms with Gasteiger partial charge in [-0.2, -0.15) is 0 Å². The summed E-state index contributed by atoms with van der Waals surface area (Å²) in [4.78, 5) is 0. The van der Waals surface area contributed by atoms with Gasteiger partial charge in [-0.25, -0.2) is 0 Å². The molecule has 0 aromatic carbocycles. The van der Waals surface area contributed by atoms with Crippen LogP contribution in [0.1, 0.15) is 34.1 Å². The molecule has 0 aromatic rings. The van der Waals surface area contributed by atoms with Crippen LogP contribution in [0.5, 0.6) is 0 Å². The van der Waals surface area contributed by atoms with Gasteiger partial charge in [-0.05, 0) is 26.2 Å². The van der Waals surface area contributed by atoms with Gasteiger partial charge in [-0.1, -0.05) is 25.7 Å². The number of rotatable bonds is 2. The standard InChI is InChI=1S/C10H18O2/c1-8(2)7-9(11)5-6-10(3,4)12/h8-9,11-12H,7H2,1-4H3. The van der Waals surface area contributed by atoms with E-state index in [1.165, 1.54) is 0 Å². The molecule has 1 atom stereocenters.